The van der Waals surface area contributed by atoms with Crippen molar-refractivity contribution in [3.63, 3.8) is 0 Å². The van der Waals surface area contributed by atoms with E-state index in [2.05, 4.69) is 34.4 Å². The number of rotatable bonds is 9. The molecule has 0 fully saturated rings. The lowest BCUT2D eigenvalue weighted by Crippen LogP contribution is -2.15. The molecule has 1 unspecified atom stereocenters. The SMILES string of the molecule is CCCc1nc(NCC)c(C)c(NCCC(O)CC)n1. The van der Waals surface area contributed by atoms with Crippen LogP contribution in [0.25, 0.3) is 0 Å². The summed E-state index contributed by atoms with van der Waals surface area (Å²) in [5, 5.41) is 16.2. The molecule has 0 radical (unpaired) electrons. The summed E-state index contributed by atoms with van der Waals surface area (Å²) in [6.07, 6.45) is 3.19. The standard InChI is InChI=1S/C15H28N4O/c1-5-8-13-18-14(16-7-3)11(4)15(19-13)17-10-9-12(20)6-2/h12,20H,5-10H2,1-4H3,(H2,16,17,18,19). The van der Waals surface area contributed by atoms with E-state index in [1.807, 2.05) is 13.8 Å². The minimum Gasteiger partial charge on any atom is -0.393 e. The minimum absolute atomic E-state index is 0.243. The number of aliphatic hydroxyl groups is 1. The first kappa shape index (κ1) is 16.7. The van der Waals surface area contributed by atoms with Gasteiger partial charge in [-0.05, 0) is 33.1 Å². The number of anilines is 2. The van der Waals surface area contributed by atoms with Crippen molar-refractivity contribution in [2.24, 2.45) is 0 Å². The maximum Gasteiger partial charge on any atom is 0.134 e. The molecule has 0 bridgehead atoms. The van der Waals surface area contributed by atoms with Gasteiger partial charge in [0.15, 0.2) is 0 Å². The van der Waals surface area contributed by atoms with E-state index in [0.717, 1.165) is 61.8 Å². The Balaban J connectivity index is 2.81. The Hall–Kier alpha value is -1.36. The lowest BCUT2D eigenvalue weighted by Gasteiger charge is -2.15. The summed E-state index contributed by atoms with van der Waals surface area (Å²) in [4.78, 5) is 9.14. The molecule has 1 aromatic heterocycles. The Morgan fingerprint density at radius 3 is 2.30 bits per heavy atom. The first-order valence-electron chi connectivity index (χ1n) is 7.65. The van der Waals surface area contributed by atoms with Gasteiger partial charge in [-0.25, -0.2) is 9.97 Å². The molecular formula is C15H28N4O. The molecule has 114 valence electrons. The van der Waals surface area contributed by atoms with E-state index in [-0.39, 0.29) is 6.10 Å². The van der Waals surface area contributed by atoms with Gasteiger partial charge in [0.1, 0.15) is 17.5 Å². The molecule has 0 saturated carbocycles. The van der Waals surface area contributed by atoms with Gasteiger partial charge in [-0.15, -0.1) is 0 Å². The summed E-state index contributed by atoms with van der Waals surface area (Å²) in [5.41, 5.74) is 1.04. The van der Waals surface area contributed by atoms with Gasteiger partial charge in [0.25, 0.3) is 0 Å². The van der Waals surface area contributed by atoms with Crippen LogP contribution in [0.5, 0.6) is 0 Å². The average molecular weight is 280 g/mol. The van der Waals surface area contributed by atoms with Crippen LogP contribution >= 0.6 is 0 Å². The van der Waals surface area contributed by atoms with Crippen molar-refractivity contribution >= 4 is 11.6 Å². The second kappa shape index (κ2) is 8.74. The summed E-state index contributed by atoms with van der Waals surface area (Å²) < 4.78 is 0. The Kier molecular flexibility index (Phi) is 7.30. The van der Waals surface area contributed by atoms with E-state index >= 15 is 0 Å². The highest BCUT2D eigenvalue weighted by atomic mass is 16.3. The van der Waals surface area contributed by atoms with Crippen molar-refractivity contribution in [2.45, 2.75) is 59.5 Å². The van der Waals surface area contributed by atoms with Gasteiger partial charge in [-0.1, -0.05) is 13.8 Å². The third kappa shape index (κ3) is 4.96. The maximum absolute atomic E-state index is 9.60. The Labute approximate surface area is 122 Å². The molecule has 0 aliphatic rings. The van der Waals surface area contributed by atoms with Gasteiger partial charge in [-0.2, -0.15) is 0 Å². The first-order valence-corrected chi connectivity index (χ1v) is 7.65. The summed E-state index contributed by atoms with van der Waals surface area (Å²) in [6.45, 7) is 9.77. The zero-order chi connectivity index (χ0) is 15.0. The molecule has 0 aliphatic carbocycles. The normalized spacial score (nSPS) is 12.2. The van der Waals surface area contributed by atoms with Crippen LogP contribution < -0.4 is 10.6 Å². The second-order valence-corrected chi connectivity index (χ2v) is 5.02. The maximum atomic E-state index is 9.60. The molecule has 0 aromatic carbocycles. The topological polar surface area (TPSA) is 70.1 Å². The van der Waals surface area contributed by atoms with E-state index < -0.39 is 0 Å². The van der Waals surface area contributed by atoms with Crippen molar-refractivity contribution in [1.29, 1.82) is 0 Å². The Bertz CT molecular complexity index is 409. The van der Waals surface area contributed by atoms with Crippen molar-refractivity contribution in [1.82, 2.24) is 9.97 Å². The van der Waals surface area contributed by atoms with Crippen LogP contribution in [0.1, 0.15) is 51.4 Å². The molecule has 5 heteroatoms. The van der Waals surface area contributed by atoms with Crippen LogP contribution in [0.15, 0.2) is 0 Å². The number of nitrogens with zero attached hydrogens (tertiary/aromatic N) is 2. The minimum atomic E-state index is -0.243. The van der Waals surface area contributed by atoms with E-state index in [0.29, 0.717) is 0 Å². The highest BCUT2D eigenvalue weighted by molar-refractivity contribution is 5.57. The first-order chi connectivity index (χ1) is 9.62. The van der Waals surface area contributed by atoms with Crippen LogP contribution in [0.3, 0.4) is 0 Å². The summed E-state index contributed by atoms with van der Waals surface area (Å²) in [6, 6.07) is 0. The monoisotopic (exact) mass is 280 g/mol. The van der Waals surface area contributed by atoms with Gasteiger partial charge < -0.3 is 15.7 Å². The molecule has 20 heavy (non-hydrogen) atoms. The zero-order valence-corrected chi connectivity index (χ0v) is 13.2. The van der Waals surface area contributed by atoms with Crippen LogP contribution in [0.4, 0.5) is 11.6 Å². The van der Waals surface area contributed by atoms with Gasteiger partial charge in [0.2, 0.25) is 0 Å². The Morgan fingerprint density at radius 2 is 1.75 bits per heavy atom. The van der Waals surface area contributed by atoms with E-state index in [1.54, 1.807) is 0 Å². The van der Waals surface area contributed by atoms with Crippen molar-refractivity contribution < 1.29 is 5.11 Å². The van der Waals surface area contributed by atoms with E-state index in [1.165, 1.54) is 0 Å². The van der Waals surface area contributed by atoms with Crippen molar-refractivity contribution in [3.8, 4) is 0 Å². The molecule has 1 atom stereocenters. The predicted octanol–water partition coefficient (Wildman–Crippen LogP) is 2.74. The molecule has 0 saturated heterocycles. The van der Waals surface area contributed by atoms with Crippen molar-refractivity contribution in [2.75, 3.05) is 23.7 Å². The lowest BCUT2D eigenvalue weighted by molar-refractivity contribution is 0.164. The Morgan fingerprint density at radius 1 is 1.10 bits per heavy atom. The molecule has 3 N–H and O–H groups in total. The fourth-order valence-electron chi connectivity index (χ4n) is 1.97. The average Bonchev–Trinajstić information content (AvgIpc) is 2.43. The van der Waals surface area contributed by atoms with Crippen molar-refractivity contribution in [3.05, 3.63) is 11.4 Å². The summed E-state index contributed by atoms with van der Waals surface area (Å²) in [5.74, 6) is 2.65. The second-order valence-electron chi connectivity index (χ2n) is 5.02. The number of nitrogens with one attached hydrogen (secondary N) is 2. The summed E-state index contributed by atoms with van der Waals surface area (Å²) in [7, 11) is 0. The van der Waals surface area contributed by atoms with E-state index in [9.17, 15) is 5.11 Å². The highest BCUT2D eigenvalue weighted by Crippen LogP contribution is 2.20. The van der Waals surface area contributed by atoms with E-state index in [4.69, 9.17) is 0 Å². The number of hydrogen-bond acceptors (Lipinski definition) is 5. The zero-order valence-electron chi connectivity index (χ0n) is 13.2. The van der Waals surface area contributed by atoms with Crippen LogP contribution in [0.2, 0.25) is 0 Å². The van der Waals surface area contributed by atoms with Gasteiger partial charge >= 0.3 is 0 Å². The third-order valence-electron chi connectivity index (χ3n) is 3.25. The molecule has 0 amide bonds. The quantitative estimate of drug-likeness (QED) is 0.649. The van der Waals surface area contributed by atoms with Gasteiger partial charge in [-0.3, -0.25) is 0 Å². The number of aliphatic hydroxyl groups excluding tert-OH is 1. The van der Waals surface area contributed by atoms with Gasteiger partial charge in [0, 0.05) is 25.1 Å². The van der Waals surface area contributed by atoms with Gasteiger partial charge in [0.05, 0.1) is 6.10 Å². The smallest absolute Gasteiger partial charge is 0.134 e. The largest absolute Gasteiger partial charge is 0.393 e. The molecule has 0 spiro atoms. The fourth-order valence-corrected chi connectivity index (χ4v) is 1.97. The molecule has 1 rings (SSSR count). The molecule has 0 aliphatic heterocycles. The van der Waals surface area contributed by atoms with Crippen LogP contribution in [0, 0.1) is 6.92 Å². The third-order valence-corrected chi connectivity index (χ3v) is 3.25. The number of aryl methyl sites for hydroxylation is 1. The van der Waals surface area contributed by atoms with Crippen LogP contribution in [-0.4, -0.2) is 34.3 Å². The molecule has 5 nitrogen and oxygen atoms in total. The number of hydrogen-bond donors (Lipinski definition) is 3. The molecular weight excluding hydrogens is 252 g/mol. The fraction of sp³-hybridized carbons (Fsp3) is 0.733. The highest BCUT2D eigenvalue weighted by Gasteiger charge is 2.10. The number of aromatic nitrogens is 2. The predicted molar refractivity (Wildman–Crippen MR) is 84.3 cm³/mol. The van der Waals surface area contributed by atoms with Crippen LogP contribution in [-0.2, 0) is 6.42 Å². The summed E-state index contributed by atoms with van der Waals surface area (Å²) >= 11 is 0. The molecule has 1 aromatic rings. The molecule has 1 heterocycles. The lowest BCUT2D eigenvalue weighted by atomic mass is 10.2.